The number of hydrogen-bond acceptors (Lipinski definition) is 5. The fraction of sp³-hybridized carbons (Fsp3) is 1.00. The molecule has 0 amide bonds. The van der Waals surface area contributed by atoms with Gasteiger partial charge < -0.3 is 5.11 Å². The van der Waals surface area contributed by atoms with Crippen molar-refractivity contribution < 1.29 is 15.0 Å². The molecule has 12 heavy (non-hydrogen) atoms. The lowest BCUT2D eigenvalue weighted by Gasteiger charge is -1.99. The van der Waals surface area contributed by atoms with E-state index in [4.69, 9.17) is 5.11 Å². The lowest BCUT2D eigenvalue weighted by Crippen LogP contribution is -2.28. The molecule has 0 unspecified atom stereocenters. The summed E-state index contributed by atoms with van der Waals surface area (Å²) in [5.74, 6) is 0. The monoisotopic (exact) mass is 178 g/mol. The summed E-state index contributed by atoms with van der Waals surface area (Å²) >= 11 is 0. The van der Waals surface area contributed by atoms with Crippen molar-refractivity contribution in [2.45, 2.75) is 25.4 Å². The maximum absolute atomic E-state index is 10.0. The fourth-order valence-corrected chi connectivity index (χ4v) is 0.727. The van der Waals surface area contributed by atoms with Gasteiger partial charge in [0, 0.05) is 6.61 Å². The van der Waals surface area contributed by atoms with E-state index in [1.807, 2.05) is 0 Å². The molecule has 0 aromatic rings. The van der Waals surface area contributed by atoms with E-state index in [9.17, 15) is 20.2 Å². The average molecular weight is 178 g/mol. The molecule has 0 radical (unpaired) electrons. The zero-order valence-electron chi connectivity index (χ0n) is 6.38. The molecular weight excluding hydrogens is 168 g/mol. The van der Waals surface area contributed by atoms with Gasteiger partial charge in [-0.15, -0.1) is 0 Å². The van der Waals surface area contributed by atoms with E-state index in [0.29, 0.717) is 12.8 Å². The zero-order chi connectivity index (χ0) is 9.56. The number of aliphatic hydroxyl groups is 1. The van der Waals surface area contributed by atoms with Crippen LogP contribution in [-0.4, -0.2) is 27.7 Å². The van der Waals surface area contributed by atoms with Crippen LogP contribution in [0.5, 0.6) is 0 Å². The predicted octanol–water partition coefficient (Wildman–Crippen LogP) is 0.0285. The van der Waals surface area contributed by atoms with E-state index in [2.05, 4.69) is 0 Å². The van der Waals surface area contributed by atoms with Crippen molar-refractivity contribution in [2.75, 3.05) is 6.61 Å². The summed E-state index contributed by atoms with van der Waals surface area (Å²) in [6.07, 6.45) is -1.20. The molecule has 0 saturated carbocycles. The Hall–Kier alpha value is -1.24. The summed E-state index contributed by atoms with van der Waals surface area (Å²) in [6, 6.07) is 0. The topological polar surface area (TPSA) is 107 Å². The molecule has 0 aliphatic rings. The first kappa shape index (κ1) is 10.8. The van der Waals surface area contributed by atoms with Crippen LogP contribution in [-0.2, 0) is 0 Å². The summed E-state index contributed by atoms with van der Waals surface area (Å²) in [7, 11) is 0. The first-order valence-corrected chi connectivity index (χ1v) is 3.47. The maximum Gasteiger partial charge on any atom is 0.450 e. The number of rotatable bonds is 6. The van der Waals surface area contributed by atoms with Crippen LogP contribution in [0.1, 0.15) is 19.3 Å². The highest BCUT2D eigenvalue weighted by molar-refractivity contribution is 4.44. The minimum absolute atomic E-state index is 0.0951. The van der Waals surface area contributed by atoms with Crippen molar-refractivity contribution in [2.24, 2.45) is 0 Å². The van der Waals surface area contributed by atoms with Gasteiger partial charge in [0.05, 0.1) is 16.3 Å². The molecule has 0 aliphatic carbocycles. The number of aliphatic hydroxyl groups excluding tert-OH is 1. The van der Waals surface area contributed by atoms with Crippen LogP contribution < -0.4 is 0 Å². The van der Waals surface area contributed by atoms with Gasteiger partial charge in [-0.3, -0.25) is 20.2 Å². The van der Waals surface area contributed by atoms with Crippen molar-refractivity contribution >= 4 is 0 Å². The molecule has 0 saturated heterocycles. The number of nitro groups is 2. The van der Waals surface area contributed by atoms with Crippen LogP contribution in [0.4, 0.5) is 0 Å². The minimum atomic E-state index is -1.73. The van der Waals surface area contributed by atoms with E-state index in [-0.39, 0.29) is 13.0 Å². The molecule has 70 valence electrons. The van der Waals surface area contributed by atoms with Crippen molar-refractivity contribution in [3.63, 3.8) is 0 Å². The van der Waals surface area contributed by atoms with Gasteiger partial charge in [0.15, 0.2) is 0 Å². The molecule has 0 heterocycles. The number of unbranched alkanes of at least 4 members (excludes halogenated alkanes) is 1. The van der Waals surface area contributed by atoms with Gasteiger partial charge in [0.25, 0.3) is 0 Å². The smallest absolute Gasteiger partial charge is 0.396 e. The summed E-state index contributed by atoms with van der Waals surface area (Å²) in [5.41, 5.74) is 0. The van der Waals surface area contributed by atoms with E-state index >= 15 is 0 Å². The fourth-order valence-electron chi connectivity index (χ4n) is 0.727. The van der Waals surface area contributed by atoms with Gasteiger partial charge in [0.2, 0.25) is 0 Å². The summed E-state index contributed by atoms with van der Waals surface area (Å²) in [4.78, 5) is 18.2. The van der Waals surface area contributed by atoms with Crippen molar-refractivity contribution in [1.82, 2.24) is 0 Å². The van der Waals surface area contributed by atoms with Crippen LogP contribution >= 0.6 is 0 Å². The number of hydrogen-bond donors (Lipinski definition) is 1. The van der Waals surface area contributed by atoms with Crippen LogP contribution in [0, 0.1) is 20.2 Å². The lowest BCUT2D eigenvalue weighted by atomic mass is 10.2. The second kappa shape index (κ2) is 5.42. The standard InChI is InChI=1S/C5H10N2O5/c8-4-2-1-3-5(6(9)10)7(11)12/h5,8H,1-4H2. The molecule has 7 nitrogen and oxygen atoms in total. The molecule has 0 aromatic heterocycles. The van der Waals surface area contributed by atoms with Gasteiger partial charge >= 0.3 is 6.17 Å². The molecule has 0 fully saturated rings. The molecule has 0 spiro atoms. The summed E-state index contributed by atoms with van der Waals surface area (Å²) in [5, 5.41) is 28.4. The first-order valence-electron chi connectivity index (χ1n) is 3.47. The van der Waals surface area contributed by atoms with E-state index < -0.39 is 16.0 Å². The van der Waals surface area contributed by atoms with Crippen molar-refractivity contribution in [1.29, 1.82) is 0 Å². The second-order valence-electron chi connectivity index (χ2n) is 2.27. The Balaban J connectivity index is 3.80. The van der Waals surface area contributed by atoms with Crippen LogP contribution in [0.15, 0.2) is 0 Å². The predicted molar refractivity (Wildman–Crippen MR) is 38.7 cm³/mol. The van der Waals surface area contributed by atoms with Gasteiger partial charge in [0.1, 0.15) is 0 Å². The SMILES string of the molecule is O=[N+]([O-])C(CCCCO)[N+](=O)[O-]. The Bertz CT molecular complexity index is 157. The Morgan fingerprint density at radius 2 is 1.67 bits per heavy atom. The van der Waals surface area contributed by atoms with Crippen molar-refractivity contribution in [3.8, 4) is 0 Å². The zero-order valence-corrected chi connectivity index (χ0v) is 6.38. The Labute approximate surface area is 68.3 Å². The molecule has 0 atom stereocenters. The minimum Gasteiger partial charge on any atom is -0.396 e. The quantitative estimate of drug-likeness (QED) is 0.267. The highest BCUT2D eigenvalue weighted by Crippen LogP contribution is 2.04. The second-order valence-corrected chi connectivity index (χ2v) is 2.27. The van der Waals surface area contributed by atoms with E-state index in [1.165, 1.54) is 0 Å². The van der Waals surface area contributed by atoms with Crippen LogP contribution in [0.2, 0.25) is 0 Å². The Morgan fingerprint density at radius 1 is 1.17 bits per heavy atom. The highest BCUT2D eigenvalue weighted by Gasteiger charge is 2.30. The molecule has 0 rings (SSSR count). The molecular formula is C5H10N2O5. The molecule has 0 aromatic carbocycles. The molecule has 0 bridgehead atoms. The van der Waals surface area contributed by atoms with Gasteiger partial charge in [-0.1, -0.05) is 0 Å². The summed E-state index contributed by atoms with van der Waals surface area (Å²) in [6.45, 7) is -0.0951. The third-order valence-corrected chi connectivity index (χ3v) is 1.36. The Morgan fingerprint density at radius 3 is 2.00 bits per heavy atom. The van der Waals surface area contributed by atoms with Crippen LogP contribution in [0.25, 0.3) is 0 Å². The normalized spacial score (nSPS) is 10.2. The summed E-state index contributed by atoms with van der Waals surface area (Å²) < 4.78 is 0. The largest absolute Gasteiger partial charge is 0.450 e. The van der Waals surface area contributed by atoms with Gasteiger partial charge in [-0.05, 0) is 12.8 Å². The molecule has 0 aliphatic heterocycles. The number of nitrogens with zero attached hydrogens (tertiary/aromatic N) is 2. The average Bonchev–Trinajstić information content (AvgIpc) is 1.96. The van der Waals surface area contributed by atoms with E-state index in [1.54, 1.807) is 0 Å². The van der Waals surface area contributed by atoms with Gasteiger partial charge in [-0.2, -0.15) is 0 Å². The Kier molecular flexibility index (Phi) is 4.86. The van der Waals surface area contributed by atoms with Gasteiger partial charge in [-0.25, -0.2) is 0 Å². The highest BCUT2D eigenvalue weighted by atomic mass is 16.7. The van der Waals surface area contributed by atoms with Crippen molar-refractivity contribution in [3.05, 3.63) is 20.2 Å². The molecule has 1 N–H and O–H groups in total. The maximum atomic E-state index is 10.0. The first-order chi connectivity index (χ1) is 5.59. The van der Waals surface area contributed by atoms with E-state index in [0.717, 1.165) is 0 Å². The third-order valence-electron chi connectivity index (χ3n) is 1.36. The lowest BCUT2D eigenvalue weighted by molar-refractivity contribution is -0.743. The molecule has 7 heteroatoms. The van der Waals surface area contributed by atoms with Crippen LogP contribution in [0.3, 0.4) is 0 Å². The third kappa shape index (κ3) is 3.81.